The van der Waals surface area contributed by atoms with Gasteiger partial charge < -0.3 is 20.1 Å². The largest absolute Gasteiger partial charge is 0.356 e. The molecule has 0 unspecified atom stereocenters. The van der Waals surface area contributed by atoms with Crippen LogP contribution in [0.2, 0.25) is 0 Å². The van der Waals surface area contributed by atoms with Gasteiger partial charge in [0.2, 0.25) is 0 Å². The van der Waals surface area contributed by atoms with Crippen molar-refractivity contribution < 1.29 is 0 Å². The fourth-order valence-electron chi connectivity index (χ4n) is 4.15. The van der Waals surface area contributed by atoms with Crippen LogP contribution in [0.15, 0.2) is 4.99 Å². The van der Waals surface area contributed by atoms with Gasteiger partial charge in [-0.05, 0) is 39.0 Å². The minimum absolute atomic E-state index is 0.511. The van der Waals surface area contributed by atoms with Gasteiger partial charge in [0, 0.05) is 38.8 Å². The van der Waals surface area contributed by atoms with E-state index >= 15 is 0 Å². The number of hydrogen-bond donors (Lipinski definition) is 2. The van der Waals surface area contributed by atoms with Crippen molar-refractivity contribution in [1.82, 2.24) is 30.3 Å². The Morgan fingerprint density at radius 1 is 1.15 bits per heavy atom. The van der Waals surface area contributed by atoms with Crippen molar-refractivity contribution in [3.63, 3.8) is 0 Å². The van der Waals surface area contributed by atoms with E-state index in [1.54, 1.807) is 0 Å². The number of aryl methyl sites for hydroxylation is 1. The van der Waals surface area contributed by atoms with Gasteiger partial charge in [-0.1, -0.05) is 26.2 Å². The maximum atomic E-state index is 4.79. The number of aromatic nitrogens is 3. The van der Waals surface area contributed by atoms with Crippen molar-refractivity contribution >= 4 is 5.96 Å². The number of aliphatic imine (C=N–C) groups is 1. The van der Waals surface area contributed by atoms with E-state index in [-0.39, 0.29) is 0 Å². The molecular formula is C20H37N7. The summed E-state index contributed by atoms with van der Waals surface area (Å²) in [4.78, 5) is 7.51. The summed E-state index contributed by atoms with van der Waals surface area (Å²) in [5, 5.41) is 15.5. The number of nitrogens with zero attached hydrogens (tertiary/aromatic N) is 5. The van der Waals surface area contributed by atoms with Crippen molar-refractivity contribution in [1.29, 1.82) is 0 Å². The van der Waals surface area contributed by atoms with Crippen LogP contribution in [0, 0.1) is 6.92 Å². The quantitative estimate of drug-likeness (QED) is 0.435. The summed E-state index contributed by atoms with van der Waals surface area (Å²) in [5.74, 6) is 2.75. The Kier molecular flexibility index (Phi) is 7.50. The molecule has 2 N–H and O–H groups in total. The van der Waals surface area contributed by atoms with Crippen LogP contribution in [0.4, 0.5) is 0 Å². The van der Waals surface area contributed by atoms with E-state index < -0.39 is 0 Å². The molecule has 1 aliphatic heterocycles. The van der Waals surface area contributed by atoms with Crippen LogP contribution in [0.5, 0.6) is 0 Å². The van der Waals surface area contributed by atoms with Crippen LogP contribution in [-0.4, -0.2) is 57.3 Å². The molecule has 2 aliphatic rings. The second-order valence-electron chi connectivity index (χ2n) is 8.06. The first kappa shape index (κ1) is 20.1. The molecule has 1 saturated heterocycles. The molecule has 1 aliphatic carbocycles. The number of guanidine groups is 1. The lowest BCUT2D eigenvalue weighted by Crippen LogP contribution is -2.50. The lowest BCUT2D eigenvalue weighted by atomic mass is 10.0. The van der Waals surface area contributed by atoms with Gasteiger partial charge in [-0.2, -0.15) is 0 Å². The highest BCUT2D eigenvalue weighted by atomic mass is 15.3. The van der Waals surface area contributed by atoms with Gasteiger partial charge >= 0.3 is 0 Å². The predicted octanol–water partition coefficient (Wildman–Crippen LogP) is 2.37. The lowest BCUT2D eigenvalue weighted by molar-refractivity contribution is 0.150. The molecular weight excluding hydrogens is 338 g/mol. The Balaban J connectivity index is 1.53. The molecule has 1 saturated carbocycles. The van der Waals surface area contributed by atoms with E-state index in [1.165, 1.54) is 58.0 Å². The zero-order chi connectivity index (χ0) is 19.1. The van der Waals surface area contributed by atoms with Crippen LogP contribution >= 0.6 is 0 Å². The van der Waals surface area contributed by atoms with Crippen molar-refractivity contribution in [2.45, 2.75) is 83.8 Å². The van der Waals surface area contributed by atoms with Crippen molar-refractivity contribution in [2.75, 3.05) is 19.6 Å². The van der Waals surface area contributed by atoms with Gasteiger partial charge in [-0.3, -0.25) is 0 Å². The monoisotopic (exact) mass is 375 g/mol. The van der Waals surface area contributed by atoms with Gasteiger partial charge in [-0.15, -0.1) is 10.2 Å². The van der Waals surface area contributed by atoms with E-state index in [2.05, 4.69) is 32.7 Å². The second kappa shape index (κ2) is 10.1. The summed E-state index contributed by atoms with van der Waals surface area (Å²) in [7, 11) is 2.00. The minimum Gasteiger partial charge on any atom is -0.356 e. The zero-order valence-electron chi connectivity index (χ0n) is 17.4. The summed E-state index contributed by atoms with van der Waals surface area (Å²) in [6.45, 7) is 8.13. The summed E-state index contributed by atoms with van der Waals surface area (Å²) in [6.07, 6.45) is 10.4. The van der Waals surface area contributed by atoms with Crippen molar-refractivity contribution in [3.05, 3.63) is 11.6 Å². The molecule has 3 rings (SSSR count). The number of hydrogen-bond acceptors (Lipinski definition) is 4. The van der Waals surface area contributed by atoms with E-state index in [0.29, 0.717) is 12.6 Å². The fraction of sp³-hybridized carbons (Fsp3) is 0.850. The van der Waals surface area contributed by atoms with E-state index in [4.69, 9.17) is 4.99 Å². The molecule has 0 bridgehead atoms. The minimum atomic E-state index is 0.511. The number of likely N-dealkylation sites (tertiary alicyclic amines) is 1. The maximum Gasteiger partial charge on any atom is 0.191 e. The van der Waals surface area contributed by atoms with E-state index in [1.807, 2.05) is 18.5 Å². The standard InChI is InChI=1S/C20H37N7/c1-4-5-12-21-20(22-15-19-25-24-16(2)26(19)3)23-17-10-13-27(14-11-17)18-8-6-7-9-18/h17-18H,4-15H2,1-3H3,(H2,21,22,23). The molecule has 27 heavy (non-hydrogen) atoms. The number of unbranched alkanes of at least 4 members (excludes halogenated alkanes) is 1. The number of nitrogens with one attached hydrogen (secondary N) is 2. The number of piperidine rings is 1. The molecule has 1 aromatic rings. The molecule has 2 heterocycles. The van der Waals surface area contributed by atoms with Crippen molar-refractivity contribution in [2.24, 2.45) is 12.0 Å². The van der Waals surface area contributed by atoms with Crippen LogP contribution < -0.4 is 10.6 Å². The Hall–Kier alpha value is -1.63. The Morgan fingerprint density at radius 3 is 2.52 bits per heavy atom. The summed E-state index contributed by atoms with van der Waals surface area (Å²) >= 11 is 0. The average Bonchev–Trinajstić information content (AvgIpc) is 3.32. The Bertz CT molecular complexity index is 595. The summed E-state index contributed by atoms with van der Waals surface area (Å²) < 4.78 is 2.01. The Labute approximate surface area is 164 Å². The van der Waals surface area contributed by atoms with Crippen molar-refractivity contribution in [3.8, 4) is 0 Å². The van der Waals surface area contributed by atoms with Gasteiger partial charge in [0.25, 0.3) is 0 Å². The highest BCUT2D eigenvalue weighted by Gasteiger charge is 2.27. The molecule has 7 nitrogen and oxygen atoms in total. The first-order valence-corrected chi connectivity index (χ1v) is 10.8. The summed E-state index contributed by atoms with van der Waals surface area (Å²) in [5.41, 5.74) is 0. The smallest absolute Gasteiger partial charge is 0.191 e. The second-order valence-corrected chi connectivity index (χ2v) is 8.06. The van der Waals surface area contributed by atoms with Crippen LogP contribution in [0.25, 0.3) is 0 Å². The third-order valence-electron chi connectivity index (χ3n) is 6.10. The molecule has 0 amide bonds. The van der Waals surface area contributed by atoms with Crippen LogP contribution in [0.3, 0.4) is 0 Å². The molecule has 7 heteroatoms. The molecule has 0 spiro atoms. The highest BCUT2D eigenvalue weighted by molar-refractivity contribution is 5.80. The fourth-order valence-corrected chi connectivity index (χ4v) is 4.15. The van der Waals surface area contributed by atoms with Gasteiger partial charge in [0.05, 0.1) is 0 Å². The predicted molar refractivity (Wildman–Crippen MR) is 110 cm³/mol. The molecule has 1 aromatic heterocycles. The molecule has 0 radical (unpaired) electrons. The Morgan fingerprint density at radius 2 is 1.89 bits per heavy atom. The molecule has 152 valence electrons. The van der Waals surface area contributed by atoms with Gasteiger partial charge in [-0.25, -0.2) is 4.99 Å². The first-order chi connectivity index (χ1) is 13.2. The first-order valence-electron chi connectivity index (χ1n) is 10.8. The average molecular weight is 376 g/mol. The SMILES string of the molecule is CCCCNC(=NCc1nnc(C)n1C)NC1CCN(C2CCCC2)CC1. The van der Waals surface area contributed by atoms with Crippen LogP contribution in [0.1, 0.15) is 69.9 Å². The number of rotatable bonds is 7. The summed E-state index contributed by atoms with van der Waals surface area (Å²) in [6, 6.07) is 1.36. The maximum absolute atomic E-state index is 4.79. The highest BCUT2D eigenvalue weighted by Crippen LogP contribution is 2.26. The third kappa shape index (κ3) is 5.67. The van der Waals surface area contributed by atoms with E-state index in [0.717, 1.165) is 36.6 Å². The van der Waals surface area contributed by atoms with Crippen LogP contribution in [-0.2, 0) is 13.6 Å². The van der Waals surface area contributed by atoms with E-state index in [9.17, 15) is 0 Å². The molecule has 2 fully saturated rings. The normalized spacial score (nSPS) is 20.3. The third-order valence-corrected chi connectivity index (χ3v) is 6.10. The molecule has 0 aromatic carbocycles. The molecule has 0 atom stereocenters. The lowest BCUT2D eigenvalue weighted by Gasteiger charge is -2.36. The zero-order valence-corrected chi connectivity index (χ0v) is 17.4. The van der Waals surface area contributed by atoms with Gasteiger partial charge in [0.1, 0.15) is 12.4 Å². The topological polar surface area (TPSA) is 70.4 Å². The van der Waals surface area contributed by atoms with Gasteiger partial charge in [0.15, 0.2) is 11.8 Å².